The minimum absolute atomic E-state index is 0.288. The van der Waals surface area contributed by atoms with Gasteiger partial charge in [0.1, 0.15) is 11.5 Å². The van der Waals surface area contributed by atoms with E-state index >= 15 is 0 Å². The van der Waals surface area contributed by atoms with Gasteiger partial charge in [0, 0.05) is 12.1 Å². The first-order chi connectivity index (χ1) is 10.8. The van der Waals surface area contributed by atoms with Crippen molar-refractivity contribution in [2.75, 3.05) is 13.7 Å². The standard InChI is InChI=1S/C16H22N2O4S/c1-10-8-14(21-5)9-11(2)16(10)23(19,20)17-7-6-15-12(3)18-22-13(15)4/h8-9,17H,6-7H2,1-5H3. The highest BCUT2D eigenvalue weighted by atomic mass is 32.2. The Morgan fingerprint density at radius 1 is 1.17 bits per heavy atom. The maximum absolute atomic E-state index is 12.6. The third kappa shape index (κ3) is 3.73. The third-order valence-electron chi connectivity index (χ3n) is 3.79. The Bertz CT molecular complexity index is 767. The highest BCUT2D eigenvalue weighted by Crippen LogP contribution is 2.25. The van der Waals surface area contributed by atoms with Gasteiger partial charge in [0.05, 0.1) is 17.7 Å². The van der Waals surface area contributed by atoms with Gasteiger partial charge in [0.15, 0.2) is 0 Å². The first-order valence-electron chi connectivity index (χ1n) is 7.33. The van der Waals surface area contributed by atoms with E-state index in [0.29, 0.717) is 28.2 Å². The van der Waals surface area contributed by atoms with E-state index in [4.69, 9.17) is 9.26 Å². The Kier molecular flexibility index (Phi) is 5.11. The second-order valence-corrected chi connectivity index (χ2v) is 7.24. The lowest BCUT2D eigenvalue weighted by molar-refractivity contribution is 0.392. The Balaban J connectivity index is 2.17. The van der Waals surface area contributed by atoms with Crippen LogP contribution in [0.1, 0.15) is 28.1 Å². The molecule has 0 amide bonds. The van der Waals surface area contributed by atoms with Crippen LogP contribution in [0.3, 0.4) is 0 Å². The molecular weight excluding hydrogens is 316 g/mol. The molecule has 0 spiro atoms. The second-order valence-electron chi connectivity index (χ2n) is 5.54. The van der Waals surface area contributed by atoms with E-state index in [2.05, 4.69) is 9.88 Å². The largest absolute Gasteiger partial charge is 0.497 e. The topological polar surface area (TPSA) is 81.4 Å². The van der Waals surface area contributed by atoms with Gasteiger partial charge < -0.3 is 9.26 Å². The molecule has 0 bridgehead atoms. The van der Waals surface area contributed by atoms with Gasteiger partial charge in [-0.3, -0.25) is 0 Å². The summed E-state index contributed by atoms with van der Waals surface area (Å²) in [5.74, 6) is 1.37. The van der Waals surface area contributed by atoms with E-state index in [9.17, 15) is 8.42 Å². The minimum atomic E-state index is -3.58. The van der Waals surface area contributed by atoms with Gasteiger partial charge in [0.2, 0.25) is 10.0 Å². The van der Waals surface area contributed by atoms with Crippen molar-refractivity contribution in [1.29, 1.82) is 0 Å². The van der Waals surface area contributed by atoms with Crippen LogP contribution in [0.4, 0.5) is 0 Å². The number of hydrogen-bond acceptors (Lipinski definition) is 5. The zero-order valence-electron chi connectivity index (χ0n) is 14.1. The molecule has 1 N–H and O–H groups in total. The van der Waals surface area contributed by atoms with Crippen LogP contribution in [0.15, 0.2) is 21.6 Å². The third-order valence-corrected chi connectivity index (χ3v) is 5.55. The molecule has 0 radical (unpaired) electrons. The van der Waals surface area contributed by atoms with Crippen LogP contribution in [0.25, 0.3) is 0 Å². The molecule has 6 nitrogen and oxygen atoms in total. The van der Waals surface area contributed by atoms with Crippen LogP contribution in [-0.2, 0) is 16.4 Å². The molecule has 1 aromatic heterocycles. The molecule has 1 heterocycles. The maximum Gasteiger partial charge on any atom is 0.241 e. The van der Waals surface area contributed by atoms with E-state index in [0.717, 1.165) is 17.0 Å². The molecule has 23 heavy (non-hydrogen) atoms. The first-order valence-corrected chi connectivity index (χ1v) is 8.81. The van der Waals surface area contributed by atoms with Gasteiger partial charge in [-0.2, -0.15) is 0 Å². The zero-order chi connectivity index (χ0) is 17.2. The van der Waals surface area contributed by atoms with Crippen LogP contribution in [-0.4, -0.2) is 27.2 Å². The van der Waals surface area contributed by atoms with Crippen molar-refractivity contribution in [3.05, 3.63) is 40.3 Å². The lowest BCUT2D eigenvalue weighted by Gasteiger charge is -2.13. The summed E-state index contributed by atoms with van der Waals surface area (Å²) >= 11 is 0. The molecule has 126 valence electrons. The van der Waals surface area contributed by atoms with Gasteiger partial charge >= 0.3 is 0 Å². The molecule has 0 aliphatic rings. The predicted octanol–water partition coefficient (Wildman–Crippen LogP) is 2.44. The van der Waals surface area contributed by atoms with Crippen LogP contribution in [0.5, 0.6) is 5.75 Å². The number of benzene rings is 1. The molecule has 0 fully saturated rings. The summed E-state index contributed by atoms with van der Waals surface area (Å²) < 4.78 is 38.1. The fourth-order valence-corrected chi connectivity index (χ4v) is 4.17. The summed E-state index contributed by atoms with van der Waals surface area (Å²) in [6.07, 6.45) is 0.536. The molecule has 2 aromatic rings. The van der Waals surface area contributed by atoms with Crippen molar-refractivity contribution in [3.63, 3.8) is 0 Å². The normalized spacial score (nSPS) is 11.7. The fraction of sp³-hybridized carbons (Fsp3) is 0.438. The molecule has 1 aromatic carbocycles. The number of methoxy groups -OCH3 is 1. The molecule has 2 rings (SSSR count). The SMILES string of the molecule is COc1cc(C)c(S(=O)(=O)NCCc2c(C)noc2C)c(C)c1. The van der Waals surface area contributed by atoms with Crippen molar-refractivity contribution in [2.45, 2.75) is 39.0 Å². The number of rotatable bonds is 6. The predicted molar refractivity (Wildman–Crippen MR) is 87.3 cm³/mol. The number of hydrogen-bond donors (Lipinski definition) is 1. The quantitative estimate of drug-likeness (QED) is 0.875. The second kappa shape index (κ2) is 6.72. The molecular formula is C16H22N2O4S. The molecule has 0 saturated heterocycles. The van der Waals surface area contributed by atoms with Crippen LogP contribution >= 0.6 is 0 Å². The van der Waals surface area contributed by atoms with E-state index in [1.54, 1.807) is 33.1 Å². The monoisotopic (exact) mass is 338 g/mol. The number of nitrogens with zero attached hydrogens (tertiary/aromatic N) is 1. The van der Waals surface area contributed by atoms with Crippen LogP contribution in [0.2, 0.25) is 0 Å². The number of ether oxygens (including phenoxy) is 1. The minimum Gasteiger partial charge on any atom is -0.497 e. The van der Waals surface area contributed by atoms with E-state index in [-0.39, 0.29) is 6.54 Å². The lowest BCUT2D eigenvalue weighted by Crippen LogP contribution is -2.27. The number of aryl methyl sites for hydroxylation is 4. The van der Waals surface area contributed by atoms with Crippen LogP contribution < -0.4 is 9.46 Å². The van der Waals surface area contributed by atoms with Gasteiger partial charge in [-0.15, -0.1) is 0 Å². The molecule has 0 aliphatic heterocycles. The fourth-order valence-electron chi connectivity index (χ4n) is 2.69. The highest BCUT2D eigenvalue weighted by molar-refractivity contribution is 7.89. The lowest BCUT2D eigenvalue weighted by atomic mass is 10.1. The van der Waals surface area contributed by atoms with Gasteiger partial charge in [0.25, 0.3) is 0 Å². The Labute approximate surface area is 136 Å². The number of nitrogens with one attached hydrogen (secondary N) is 1. The van der Waals surface area contributed by atoms with E-state index in [1.165, 1.54) is 0 Å². The molecule has 0 atom stereocenters. The molecule has 0 saturated carbocycles. The van der Waals surface area contributed by atoms with Crippen molar-refractivity contribution < 1.29 is 17.7 Å². The molecule has 0 aliphatic carbocycles. The zero-order valence-corrected chi connectivity index (χ0v) is 14.9. The van der Waals surface area contributed by atoms with Crippen molar-refractivity contribution >= 4 is 10.0 Å². The first kappa shape index (κ1) is 17.5. The smallest absolute Gasteiger partial charge is 0.241 e. The average molecular weight is 338 g/mol. The van der Waals surface area contributed by atoms with Crippen LogP contribution in [0, 0.1) is 27.7 Å². The molecule has 0 unspecified atom stereocenters. The van der Waals surface area contributed by atoms with Gasteiger partial charge in [-0.05, 0) is 57.4 Å². The molecule has 7 heteroatoms. The summed E-state index contributed by atoms with van der Waals surface area (Å²) in [5, 5.41) is 3.87. The summed E-state index contributed by atoms with van der Waals surface area (Å²) in [6.45, 7) is 7.48. The van der Waals surface area contributed by atoms with E-state index in [1.807, 2.05) is 13.8 Å². The maximum atomic E-state index is 12.6. The van der Waals surface area contributed by atoms with E-state index < -0.39 is 10.0 Å². The van der Waals surface area contributed by atoms with Gasteiger partial charge in [-0.25, -0.2) is 13.1 Å². The average Bonchev–Trinajstić information content (AvgIpc) is 2.77. The highest BCUT2D eigenvalue weighted by Gasteiger charge is 2.20. The number of aromatic nitrogens is 1. The summed E-state index contributed by atoms with van der Waals surface area (Å²) in [5.41, 5.74) is 3.05. The van der Waals surface area contributed by atoms with Crippen molar-refractivity contribution in [3.8, 4) is 5.75 Å². The summed E-state index contributed by atoms with van der Waals surface area (Å²) in [4.78, 5) is 0.303. The summed E-state index contributed by atoms with van der Waals surface area (Å²) in [6, 6.07) is 3.44. The Morgan fingerprint density at radius 3 is 2.26 bits per heavy atom. The van der Waals surface area contributed by atoms with Crippen molar-refractivity contribution in [2.24, 2.45) is 0 Å². The summed E-state index contributed by atoms with van der Waals surface area (Å²) in [7, 11) is -2.02. The van der Waals surface area contributed by atoms with Crippen molar-refractivity contribution in [1.82, 2.24) is 9.88 Å². The Hall–Kier alpha value is -1.86. The van der Waals surface area contributed by atoms with Gasteiger partial charge in [-0.1, -0.05) is 5.16 Å². The number of sulfonamides is 1. The Morgan fingerprint density at radius 2 is 1.78 bits per heavy atom.